The van der Waals surface area contributed by atoms with Gasteiger partial charge in [0, 0.05) is 0 Å². The third-order valence-corrected chi connectivity index (χ3v) is 3.25. The van der Waals surface area contributed by atoms with Gasteiger partial charge in [-0.3, -0.25) is 0 Å². The minimum atomic E-state index is 0.0789. The second-order valence-corrected chi connectivity index (χ2v) is 6.06. The van der Waals surface area contributed by atoms with E-state index in [4.69, 9.17) is 0 Å². The van der Waals surface area contributed by atoms with Gasteiger partial charge in [-0.1, -0.05) is 46.5 Å². The van der Waals surface area contributed by atoms with E-state index in [2.05, 4.69) is 30.8 Å². The first-order valence-electron chi connectivity index (χ1n) is 7.09. The van der Waals surface area contributed by atoms with Gasteiger partial charge in [0.25, 0.3) is 0 Å². The standard InChI is InChI=1S/C15H26N2O2/c1-14(10-15(2,3)11-17-13-19)8-6-4-5-7-9-16-12-18/h14H,4-11H2,1-3H3. The summed E-state index contributed by atoms with van der Waals surface area (Å²) in [7, 11) is 0. The van der Waals surface area contributed by atoms with Crippen molar-refractivity contribution in [3.63, 3.8) is 0 Å². The molecular formula is C15H26N2O2. The van der Waals surface area contributed by atoms with Crippen LogP contribution < -0.4 is 0 Å². The second kappa shape index (κ2) is 10.7. The molecule has 0 saturated carbocycles. The van der Waals surface area contributed by atoms with Gasteiger partial charge < -0.3 is 0 Å². The smallest absolute Gasteiger partial charge is 0.211 e. The van der Waals surface area contributed by atoms with E-state index in [0.29, 0.717) is 19.0 Å². The fraction of sp³-hybridized carbons (Fsp3) is 0.867. The van der Waals surface area contributed by atoms with Gasteiger partial charge in [-0.05, 0) is 24.2 Å². The number of unbranched alkanes of at least 4 members (excludes halogenated alkanes) is 3. The van der Waals surface area contributed by atoms with Crippen molar-refractivity contribution in [2.45, 2.75) is 59.3 Å². The van der Waals surface area contributed by atoms with Crippen LogP contribution in [0.2, 0.25) is 0 Å². The van der Waals surface area contributed by atoms with Crippen molar-refractivity contribution in [3.8, 4) is 0 Å². The van der Waals surface area contributed by atoms with Crippen molar-refractivity contribution in [3.05, 3.63) is 0 Å². The number of hydrogen-bond donors (Lipinski definition) is 0. The molecule has 0 amide bonds. The first-order chi connectivity index (χ1) is 9.02. The Morgan fingerprint density at radius 3 is 2.26 bits per heavy atom. The molecule has 0 radical (unpaired) electrons. The van der Waals surface area contributed by atoms with Crippen molar-refractivity contribution in [2.75, 3.05) is 13.1 Å². The molecule has 0 heterocycles. The Kier molecular flexibility index (Phi) is 9.97. The van der Waals surface area contributed by atoms with Crippen LogP contribution in [0.4, 0.5) is 0 Å². The molecule has 1 atom stereocenters. The summed E-state index contributed by atoms with van der Waals surface area (Å²) >= 11 is 0. The van der Waals surface area contributed by atoms with Gasteiger partial charge >= 0.3 is 0 Å². The van der Waals surface area contributed by atoms with Gasteiger partial charge in [0.05, 0.1) is 13.1 Å². The molecule has 19 heavy (non-hydrogen) atoms. The molecule has 0 rings (SSSR count). The fourth-order valence-electron chi connectivity index (χ4n) is 2.44. The zero-order chi connectivity index (χ0) is 14.6. The highest BCUT2D eigenvalue weighted by Gasteiger charge is 2.20. The molecule has 0 N–H and O–H groups in total. The van der Waals surface area contributed by atoms with Gasteiger partial charge in [0.1, 0.15) is 0 Å². The number of hydrogen-bond acceptors (Lipinski definition) is 4. The van der Waals surface area contributed by atoms with Crippen LogP contribution in [0.25, 0.3) is 0 Å². The average molecular weight is 266 g/mol. The minimum Gasteiger partial charge on any atom is -0.211 e. The third-order valence-electron chi connectivity index (χ3n) is 3.25. The van der Waals surface area contributed by atoms with Crippen LogP contribution in [-0.4, -0.2) is 25.2 Å². The van der Waals surface area contributed by atoms with Crippen molar-refractivity contribution in [2.24, 2.45) is 21.3 Å². The molecule has 0 bridgehead atoms. The van der Waals surface area contributed by atoms with E-state index in [-0.39, 0.29) is 5.41 Å². The molecule has 1 unspecified atom stereocenters. The minimum absolute atomic E-state index is 0.0789. The lowest BCUT2D eigenvalue weighted by Gasteiger charge is -2.25. The molecule has 0 aliphatic carbocycles. The quantitative estimate of drug-likeness (QED) is 0.325. The van der Waals surface area contributed by atoms with E-state index >= 15 is 0 Å². The fourth-order valence-corrected chi connectivity index (χ4v) is 2.44. The molecular weight excluding hydrogens is 240 g/mol. The number of aliphatic imine (C=N–C) groups is 2. The average Bonchev–Trinajstić information content (AvgIpc) is 2.35. The summed E-state index contributed by atoms with van der Waals surface area (Å²) in [4.78, 5) is 27.2. The van der Waals surface area contributed by atoms with Crippen molar-refractivity contribution in [1.29, 1.82) is 0 Å². The normalized spacial score (nSPS) is 12.4. The number of rotatable bonds is 11. The lowest BCUT2D eigenvalue weighted by Crippen LogP contribution is -2.19. The second-order valence-electron chi connectivity index (χ2n) is 6.06. The lowest BCUT2D eigenvalue weighted by molar-refractivity contribution is 0.274. The topological polar surface area (TPSA) is 58.9 Å². The van der Waals surface area contributed by atoms with E-state index in [1.165, 1.54) is 19.3 Å². The maximum absolute atomic E-state index is 10.1. The van der Waals surface area contributed by atoms with Crippen LogP contribution in [0.15, 0.2) is 9.98 Å². The molecule has 0 aromatic rings. The molecule has 0 fully saturated rings. The number of nitrogens with zero attached hydrogens (tertiary/aromatic N) is 2. The summed E-state index contributed by atoms with van der Waals surface area (Å²) in [5, 5.41) is 0. The Balaban J connectivity index is 3.65. The first-order valence-corrected chi connectivity index (χ1v) is 7.09. The Hall–Kier alpha value is -1.24. The molecule has 108 valence electrons. The zero-order valence-electron chi connectivity index (χ0n) is 12.4. The van der Waals surface area contributed by atoms with Crippen LogP contribution in [-0.2, 0) is 9.59 Å². The van der Waals surface area contributed by atoms with Gasteiger partial charge in [0.15, 0.2) is 0 Å². The van der Waals surface area contributed by atoms with Crippen LogP contribution >= 0.6 is 0 Å². The van der Waals surface area contributed by atoms with Crippen LogP contribution in [0.3, 0.4) is 0 Å². The zero-order valence-corrected chi connectivity index (χ0v) is 12.4. The largest absolute Gasteiger partial charge is 0.234 e. The summed E-state index contributed by atoms with van der Waals surface area (Å²) < 4.78 is 0. The molecule has 4 heteroatoms. The molecule has 0 aliphatic heterocycles. The highest BCUT2D eigenvalue weighted by Crippen LogP contribution is 2.28. The van der Waals surface area contributed by atoms with Gasteiger partial charge in [-0.25, -0.2) is 19.6 Å². The SMILES string of the molecule is CC(CCCCCCN=C=O)CC(C)(C)CN=C=O. The monoisotopic (exact) mass is 266 g/mol. The van der Waals surface area contributed by atoms with E-state index in [1.807, 2.05) is 0 Å². The van der Waals surface area contributed by atoms with Crippen molar-refractivity contribution >= 4 is 12.2 Å². The molecule has 0 saturated heterocycles. The maximum Gasteiger partial charge on any atom is 0.234 e. The number of carbonyl (C=O) groups excluding carboxylic acids is 2. The Morgan fingerprint density at radius 2 is 1.63 bits per heavy atom. The first kappa shape index (κ1) is 17.8. The van der Waals surface area contributed by atoms with Gasteiger partial charge in [-0.2, -0.15) is 0 Å². The summed E-state index contributed by atoms with van der Waals surface area (Å²) in [5.41, 5.74) is 0.0789. The Labute approximate surface area is 116 Å². The molecule has 4 nitrogen and oxygen atoms in total. The highest BCUT2D eigenvalue weighted by atomic mass is 16.1. The van der Waals surface area contributed by atoms with Crippen LogP contribution in [0, 0.1) is 11.3 Å². The van der Waals surface area contributed by atoms with E-state index in [0.717, 1.165) is 19.3 Å². The van der Waals surface area contributed by atoms with E-state index in [9.17, 15) is 9.59 Å². The van der Waals surface area contributed by atoms with Gasteiger partial charge in [-0.15, -0.1) is 0 Å². The molecule has 0 aromatic carbocycles. The highest BCUT2D eigenvalue weighted by molar-refractivity contribution is 5.33. The number of isocyanates is 2. The molecule has 0 spiro atoms. The van der Waals surface area contributed by atoms with Crippen LogP contribution in [0.1, 0.15) is 59.3 Å². The predicted molar refractivity (Wildman–Crippen MR) is 76.6 cm³/mol. The Morgan fingerprint density at radius 1 is 1.00 bits per heavy atom. The predicted octanol–water partition coefficient (Wildman–Crippen LogP) is 3.66. The Bertz CT molecular complexity index is 327. The van der Waals surface area contributed by atoms with E-state index in [1.54, 1.807) is 12.2 Å². The van der Waals surface area contributed by atoms with Gasteiger partial charge in [0.2, 0.25) is 12.2 Å². The summed E-state index contributed by atoms with van der Waals surface area (Å²) in [5.74, 6) is 0.643. The van der Waals surface area contributed by atoms with Crippen LogP contribution in [0.5, 0.6) is 0 Å². The third kappa shape index (κ3) is 11.6. The molecule has 0 aliphatic rings. The summed E-state index contributed by atoms with van der Waals surface area (Å²) in [6.07, 6.45) is 9.94. The maximum atomic E-state index is 10.1. The molecule has 0 aromatic heterocycles. The van der Waals surface area contributed by atoms with Crippen molar-refractivity contribution in [1.82, 2.24) is 0 Å². The van der Waals surface area contributed by atoms with Crippen molar-refractivity contribution < 1.29 is 9.59 Å². The summed E-state index contributed by atoms with van der Waals surface area (Å²) in [6, 6.07) is 0. The lowest BCUT2D eigenvalue weighted by atomic mass is 9.81. The summed E-state index contributed by atoms with van der Waals surface area (Å²) in [6.45, 7) is 7.70. The van der Waals surface area contributed by atoms with E-state index < -0.39 is 0 Å².